The van der Waals surface area contributed by atoms with Crippen molar-refractivity contribution in [3.8, 4) is 5.75 Å². The van der Waals surface area contributed by atoms with Gasteiger partial charge in [-0.2, -0.15) is 0 Å². The summed E-state index contributed by atoms with van der Waals surface area (Å²) in [6, 6.07) is 14.6. The third-order valence-electron chi connectivity index (χ3n) is 10.0. The number of rotatable bonds is 17. The van der Waals surface area contributed by atoms with Crippen LogP contribution >= 0.6 is 27.7 Å². The van der Waals surface area contributed by atoms with E-state index in [1.54, 1.807) is 38.6 Å². The van der Waals surface area contributed by atoms with Crippen LogP contribution in [0.1, 0.15) is 40.0 Å². The van der Waals surface area contributed by atoms with Crippen molar-refractivity contribution < 1.29 is 24.2 Å². The lowest BCUT2D eigenvalue weighted by Gasteiger charge is -2.38. The molecule has 9 nitrogen and oxygen atoms in total. The maximum Gasteiger partial charge on any atom is 0.251 e. The van der Waals surface area contributed by atoms with Crippen molar-refractivity contribution in [1.29, 1.82) is 0 Å². The molecule has 3 aliphatic heterocycles. The summed E-state index contributed by atoms with van der Waals surface area (Å²) in [7, 11) is 0. The summed E-state index contributed by atoms with van der Waals surface area (Å²) in [5.74, 6) is -1.08. The van der Waals surface area contributed by atoms with Gasteiger partial charge in [-0.15, -0.1) is 24.9 Å². The molecule has 1 spiro atoms. The molecule has 0 aromatic heterocycles. The fourth-order valence-corrected chi connectivity index (χ4v) is 11.5. The number of ether oxygens (including phenoxy) is 1. The second kappa shape index (κ2) is 16.2. The quantitative estimate of drug-likeness (QED) is 0.122. The maximum absolute atomic E-state index is 15.0. The number of aliphatic hydroxyl groups is 1. The van der Waals surface area contributed by atoms with E-state index in [1.807, 2.05) is 55.5 Å². The molecule has 6 atom stereocenters. The van der Waals surface area contributed by atoms with Gasteiger partial charge in [-0.25, -0.2) is 0 Å². The molecule has 2 aromatic carbocycles. The Bertz CT molecular complexity index is 1500. The monoisotopic (exact) mass is 752 g/mol. The number of alkyl halides is 1. The standard InChI is InChI=1S/C38H49BrN4O5S/c1-6-21-41(28-17-19-29(20-18-28)48-10-5)35(45)31-32-36(46)43(23-11-12-24-44)34(38(32)25-30(39)33(31)49-38)37(47)42(22-7-2)27-15-13-26(14-16-27)40(8-3)9-4/h6-7,13-20,30-34,44H,1-2,8-12,21-25H2,3-5H3/t30?,31-,32-,33-,34?,38?/m0/s1. The third-order valence-corrected chi connectivity index (χ3v) is 13.2. The summed E-state index contributed by atoms with van der Waals surface area (Å²) in [4.78, 5) is 51.7. The zero-order valence-corrected chi connectivity index (χ0v) is 31.2. The highest BCUT2D eigenvalue weighted by Gasteiger charge is 2.76. The topological polar surface area (TPSA) is 93.6 Å². The lowest BCUT2D eigenvalue weighted by molar-refractivity contribution is -0.139. The van der Waals surface area contributed by atoms with Gasteiger partial charge in [0.15, 0.2) is 0 Å². The van der Waals surface area contributed by atoms with Gasteiger partial charge in [0.25, 0.3) is 5.91 Å². The van der Waals surface area contributed by atoms with Crippen LogP contribution in [0.3, 0.4) is 0 Å². The van der Waals surface area contributed by atoms with E-state index in [4.69, 9.17) is 4.74 Å². The first kappa shape index (κ1) is 37.0. The van der Waals surface area contributed by atoms with Crippen molar-refractivity contribution in [1.82, 2.24) is 4.90 Å². The average molecular weight is 754 g/mol. The average Bonchev–Trinajstić information content (AvgIpc) is 3.70. The Morgan fingerprint density at radius 3 is 2.08 bits per heavy atom. The molecule has 3 amide bonds. The van der Waals surface area contributed by atoms with Crippen LogP contribution in [0.15, 0.2) is 73.8 Å². The lowest BCUT2D eigenvalue weighted by Crippen LogP contribution is -2.56. The first-order valence-electron chi connectivity index (χ1n) is 17.4. The Morgan fingerprint density at radius 1 is 0.959 bits per heavy atom. The summed E-state index contributed by atoms with van der Waals surface area (Å²) in [6.45, 7) is 17.2. The number of benzene rings is 2. The number of fused-ring (bicyclic) bond motifs is 1. The zero-order chi connectivity index (χ0) is 35.3. The number of carbonyl (C=O) groups is 3. The number of likely N-dealkylation sites (tertiary alicyclic amines) is 1. The smallest absolute Gasteiger partial charge is 0.251 e. The van der Waals surface area contributed by atoms with Crippen molar-refractivity contribution in [3.05, 3.63) is 73.8 Å². The lowest BCUT2D eigenvalue weighted by atomic mass is 9.70. The highest BCUT2D eigenvalue weighted by molar-refractivity contribution is 9.09. The summed E-state index contributed by atoms with van der Waals surface area (Å²) in [5.41, 5.74) is 2.51. The van der Waals surface area contributed by atoms with E-state index in [1.165, 1.54) is 0 Å². The van der Waals surface area contributed by atoms with Crippen LogP contribution in [0.2, 0.25) is 0 Å². The van der Waals surface area contributed by atoms with E-state index in [9.17, 15) is 19.5 Å². The van der Waals surface area contributed by atoms with Gasteiger partial charge in [-0.1, -0.05) is 28.1 Å². The number of amides is 3. The Labute approximate surface area is 303 Å². The number of halogens is 1. The molecule has 0 radical (unpaired) electrons. The van der Waals surface area contributed by atoms with Gasteiger partial charge >= 0.3 is 0 Å². The molecule has 0 aliphatic carbocycles. The summed E-state index contributed by atoms with van der Waals surface area (Å²) in [6.07, 6.45) is 5.05. The van der Waals surface area contributed by atoms with E-state index < -0.39 is 22.6 Å². The van der Waals surface area contributed by atoms with Crippen LogP contribution in [0.25, 0.3) is 0 Å². The van der Waals surface area contributed by atoms with Crippen molar-refractivity contribution in [3.63, 3.8) is 0 Å². The van der Waals surface area contributed by atoms with Crippen LogP contribution in [0.5, 0.6) is 5.75 Å². The highest BCUT2D eigenvalue weighted by Crippen LogP contribution is 2.68. The molecule has 0 saturated carbocycles. The maximum atomic E-state index is 15.0. The molecule has 49 heavy (non-hydrogen) atoms. The highest BCUT2D eigenvalue weighted by atomic mass is 79.9. The molecule has 3 heterocycles. The minimum atomic E-state index is -0.800. The Hall–Kier alpha value is -3.28. The van der Waals surface area contributed by atoms with E-state index in [0.29, 0.717) is 43.9 Å². The number of aliphatic hydroxyl groups excluding tert-OH is 1. The molecule has 3 saturated heterocycles. The van der Waals surface area contributed by atoms with Crippen LogP contribution in [0, 0.1) is 11.8 Å². The van der Waals surface area contributed by atoms with E-state index >= 15 is 0 Å². The van der Waals surface area contributed by atoms with Crippen LogP contribution in [-0.2, 0) is 14.4 Å². The number of hydrogen-bond acceptors (Lipinski definition) is 7. The fourth-order valence-electron chi connectivity index (χ4n) is 7.88. The van der Waals surface area contributed by atoms with Gasteiger partial charge in [0.1, 0.15) is 11.8 Å². The molecular formula is C38H49BrN4O5S. The van der Waals surface area contributed by atoms with Crippen molar-refractivity contribution in [2.45, 2.75) is 60.9 Å². The SMILES string of the molecule is C=CCN(C(=O)C1N(CCCCO)C(=O)[C@@H]2[C@H](C(=O)N(CC=C)c3ccc(OCC)cc3)[C@H]3SC12CC3Br)c1ccc(N(CC)CC)cc1. The molecule has 1 N–H and O–H groups in total. The fraction of sp³-hybridized carbons (Fsp3) is 0.500. The summed E-state index contributed by atoms with van der Waals surface area (Å²) >= 11 is 5.53. The van der Waals surface area contributed by atoms with E-state index in [0.717, 1.165) is 24.5 Å². The first-order valence-corrected chi connectivity index (χ1v) is 19.2. The second-order valence-electron chi connectivity index (χ2n) is 12.7. The first-order chi connectivity index (χ1) is 23.7. The molecule has 3 unspecified atom stereocenters. The number of unbranched alkanes of at least 4 members (excludes halogenated alkanes) is 1. The molecule has 2 bridgehead atoms. The van der Waals surface area contributed by atoms with Crippen LogP contribution < -0.4 is 19.4 Å². The predicted molar refractivity (Wildman–Crippen MR) is 203 cm³/mol. The van der Waals surface area contributed by atoms with Gasteiger partial charge in [-0.3, -0.25) is 14.4 Å². The predicted octanol–water partition coefficient (Wildman–Crippen LogP) is 5.91. The van der Waals surface area contributed by atoms with Gasteiger partial charge in [0.2, 0.25) is 11.8 Å². The normalized spacial score (nSPS) is 25.2. The van der Waals surface area contributed by atoms with Gasteiger partial charge in [0, 0.05) is 66.5 Å². The number of nitrogens with zero attached hydrogens (tertiary/aromatic N) is 4. The van der Waals surface area contributed by atoms with E-state index in [-0.39, 0.29) is 47.5 Å². The van der Waals surface area contributed by atoms with Gasteiger partial charge < -0.3 is 29.4 Å². The Balaban J connectivity index is 1.53. The molecule has 2 aromatic rings. The van der Waals surface area contributed by atoms with Gasteiger partial charge in [-0.05, 0) is 88.6 Å². The van der Waals surface area contributed by atoms with Crippen LogP contribution in [0.4, 0.5) is 17.1 Å². The molecule has 264 valence electrons. The number of hydrogen-bond donors (Lipinski definition) is 1. The largest absolute Gasteiger partial charge is 0.494 e. The summed E-state index contributed by atoms with van der Waals surface area (Å²) < 4.78 is 4.82. The molecular weight excluding hydrogens is 704 g/mol. The minimum absolute atomic E-state index is 0.00327. The number of carbonyl (C=O) groups excluding carboxylic acids is 3. The molecule has 3 fully saturated rings. The summed E-state index contributed by atoms with van der Waals surface area (Å²) in [5, 5.41) is 9.41. The molecule has 5 rings (SSSR count). The van der Waals surface area contributed by atoms with Crippen molar-refractivity contribution >= 4 is 62.5 Å². The number of anilines is 3. The minimum Gasteiger partial charge on any atom is -0.494 e. The second-order valence-corrected chi connectivity index (χ2v) is 15.4. The number of thioether (sulfide) groups is 1. The van der Waals surface area contributed by atoms with Crippen molar-refractivity contribution in [2.24, 2.45) is 11.8 Å². The molecule has 3 aliphatic rings. The van der Waals surface area contributed by atoms with Gasteiger partial charge in [0.05, 0.1) is 23.2 Å². The van der Waals surface area contributed by atoms with Crippen molar-refractivity contribution in [2.75, 3.05) is 60.6 Å². The Kier molecular flexibility index (Phi) is 12.2. The van der Waals surface area contributed by atoms with E-state index in [2.05, 4.69) is 47.8 Å². The Morgan fingerprint density at radius 2 is 1.53 bits per heavy atom. The van der Waals surface area contributed by atoms with Crippen LogP contribution in [-0.4, -0.2) is 94.5 Å². The molecule has 11 heteroatoms. The third kappa shape index (κ3) is 6.90. The zero-order valence-electron chi connectivity index (χ0n) is 28.8.